The molecule has 0 aliphatic carbocycles. The Kier molecular flexibility index (Phi) is 7.75. The number of methoxy groups -OCH3 is 4. The average Bonchev–Trinajstić information content (AvgIpc) is 2.83. The van der Waals surface area contributed by atoms with Crippen molar-refractivity contribution in [2.75, 3.05) is 48.1 Å². The summed E-state index contributed by atoms with van der Waals surface area (Å²) in [5, 5.41) is 0.343. The molecule has 0 saturated carbocycles. The highest BCUT2D eigenvalue weighted by molar-refractivity contribution is 6.32. The van der Waals surface area contributed by atoms with Gasteiger partial charge in [-0.2, -0.15) is 0 Å². The molecule has 0 N–H and O–H groups in total. The van der Waals surface area contributed by atoms with E-state index in [1.807, 2.05) is 25.1 Å². The van der Waals surface area contributed by atoms with Crippen LogP contribution in [0.5, 0.6) is 28.7 Å². The van der Waals surface area contributed by atoms with Crippen LogP contribution in [-0.2, 0) is 0 Å². The Balaban J connectivity index is 1.86. The van der Waals surface area contributed by atoms with E-state index in [9.17, 15) is 4.79 Å². The lowest BCUT2D eigenvalue weighted by Crippen LogP contribution is -2.34. The molecular formula is C24H28ClNO6. The average molecular weight is 462 g/mol. The molecule has 7 nitrogen and oxygen atoms in total. The normalized spacial score (nSPS) is 13.3. The van der Waals surface area contributed by atoms with Gasteiger partial charge in [0, 0.05) is 30.8 Å². The molecule has 0 saturated heterocycles. The summed E-state index contributed by atoms with van der Waals surface area (Å²) < 4.78 is 27.4. The predicted octanol–water partition coefficient (Wildman–Crippen LogP) is 4.70. The third-order valence-corrected chi connectivity index (χ3v) is 5.58. The van der Waals surface area contributed by atoms with Crippen LogP contribution in [-0.4, -0.2) is 58.9 Å². The Morgan fingerprint density at radius 3 is 2.12 bits per heavy atom. The Labute approximate surface area is 193 Å². The molecule has 1 aliphatic heterocycles. The number of benzene rings is 2. The summed E-state index contributed by atoms with van der Waals surface area (Å²) in [7, 11) is 6.34. The van der Waals surface area contributed by atoms with E-state index in [1.165, 1.54) is 7.11 Å². The monoisotopic (exact) mass is 461 g/mol. The highest BCUT2D eigenvalue weighted by Gasteiger charge is 2.25. The van der Waals surface area contributed by atoms with E-state index in [4.69, 9.17) is 35.3 Å². The van der Waals surface area contributed by atoms with Gasteiger partial charge in [-0.05, 0) is 31.1 Å². The second-order valence-corrected chi connectivity index (χ2v) is 7.47. The van der Waals surface area contributed by atoms with Crippen molar-refractivity contribution in [1.82, 2.24) is 4.90 Å². The number of ether oxygens (including phenoxy) is 5. The van der Waals surface area contributed by atoms with Gasteiger partial charge in [0.05, 0.1) is 45.6 Å². The number of rotatable bonds is 8. The predicted molar refractivity (Wildman–Crippen MR) is 124 cm³/mol. The maximum atomic E-state index is 13.1. The fourth-order valence-corrected chi connectivity index (χ4v) is 3.98. The van der Waals surface area contributed by atoms with E-state index < -0.39 is 0 Å². The lowest BCUT2D eigenvalue weighted by Gasteiger charge is -2.28. The molecule has 0 bridgehead atoms. The summed E-state index contributed by atoms with van der Waals surface area (Å²) in [5.74, 6) is 2.72. The smallest absolute Gasteiger partial charge is 0.254 e. The third kappa shape index (κ3) is 4.72. The topological polar surface area (TPSA) is 66.5 Å². The van der Waals surface area contributed by atoms with E-state index in [0.29, 0.717) is 65.5 Å². The molecule has 2 aromatic rings. The van der Waals surface area contributed by atoms with E-state index in [0.717, 1.165) is 11.1 Å². The van der Waals surface area contributed by atoms with E-state index in [1.54, 1.807) is 38.4 Å². The molecule has 2 aromatic carbocycles. The summed E-state index contributed by atoms with van der Waals surface area (Å²) in [4.78, 5) is 14.9. The summed E-state index contributed by atoms with van der Waals surface area (Å²) >= 11 is 6.34. The molecule has 1 aliphatic rings. The lowest BCUT2D eigenvalue weighted by atomic mass is 9.96. The Morgan fingerprint density at radius 2 is 1.62 bits per heavy atom. The van der Waals surface area contributed by atoms with Crippen molar-refractivity contribution in [2.24, 2.45) is 0 Å². The molecule has 32 heavy (non-hydrogen) atoms. The number of carbonyl (C=O) groups excluding carboxylic acids is 1. The first-order valence-corrected chi connectivity index (χ1v) is 10.6. The first-order chi connectivity index (χ1) is 15.5. The number of hydrogen-bond donors (Lipinski definition) is 0. The van der Waals surface area contributed by atoms with Gasteiger partial charge in [0.2, 0.25) is 0 Å². The van der Waals surface area contributed by atoms with Crippen LogP contribution in [0.1, 0.15) is 29.3 Å². The molecule has 0 fully saturated rings. The van der Waals surface area contributed by atoms with E-state index in [2.05, 4.69) is 0 Å². The maximum absolute atomic E-state index is 13.1. The second kappa shape index (κ2) is 10.5. The number of nitrogens with zero attached hydrogens (tertiary/aromatic N) is 1. The van der Waals surface area contributed by atoms with Crippen LogP contribution >= 0.6 is 11.6 Å². The standard InChI is InChI=1S/C24H28ClNO6/c1-6-32-23-18(25)11-16(12-21(23)31-5)24(27)26-9-7-15(8-10-26)22-19(29-3)13-17(28-2)14-20(22)30-4/h7,11-14H,6,8-10H2,1-5H3. The highest BCUT2D eigenvalue weighted by Crippen LogP contribution is 2.41. The van der Waals surface area contributed by atoms with Crippen LogP contribution in [0, 0.1) is 0 Å². The van der Waals surface area contributed by atoms with Crippen LogP contribution in [0.2, 0.25) is 5.02 Å². The second-order valence-electron chi connectivity index (χ2n) is 7.06. The van der Waals surface area contributed by atoms with Crippen molar-refractivity contribution >= 4 is 23.1 Å². The van der Waals surface area contributed by atoms with Crippen LogP contribution in [0.25, 0.3) is 5.57 Å². The minimum absolute atomic E-state index is 0.128. The van der Waals surface area contributed by atoms with Gasteiger partial charge in [0.25, 0.3) is 5.91 Å². The molecule has 0 unspecified atom stereocenters. The van der Waals surface area contributed by atoms with Gasteiger partial charge in [0.1, 0.15) is 17.2 Å². The van der Waals surface area contributed by atoms with Crippen molar-refractivity contribution < 1.29 is 28.5 Å². The summed E-state index contributed by atoms with van der Waals surface area (Å²) in [5.41, 5.74) is 2.37. The molecule has 0 aromatic heterocycles. The molecule has 172 valence electrons. The van der Waals surface area contributed by atoms with Crippen LogP contribution in [0.15, 0.2) is 30.3 Å². The zero-order valence-corrected chi connectivity index (χ0v) is 19.7. The fraction of sp³-hybridized carbons (Fsp3) is 0.375. The lowest BCUT2D eigenvalue weighted by molar-refractivity contribution is 0.0772. The van der Waals surface area contributed by atoms with E-state index in [-0.39, 0.29) is 5.91 Å². The van der Waals surface area contributed by atoms with Crippen LogP contribution in [0.4, 0.5) is 0 Å². The zero-order valence-electron chi connectivity index (χ0n) is 19.0. The quantitative estimate of drug-likeness (QED) is 0.567. The van der Waals surface area contributed by atoms with Crippen LogP contribution in [0.3, 0.4) is 0 Å². The van der Waals surface area contributed by atoms with Crippen molar-refractivity contribution in [1.29, 1.82) is 0 Å². The fourth-order valence-electron chi connectivity index (χ4n) is 3.71. The zero-order chi connectivity index (χ0) is 23.3. The Morgan fingerprint density at radius 1 is 0.969 bits per heavy atom. The molecule has 1 heterocycles. The minimum atomic E-state index is -0.128. The number of halogens is 1. The highest BCUT2D eigenvalue weighted by atomic mass is 35.5. The summed E-state index contributed by atoms with van der Waals surface area (Å²) in [6, 6.07) is 6.93. The first kappa shape index (κ1) is 23.6. The van der Waals surface area contributed by atoms with Gasteiger partial charge < -0.3 is 28.6 Å². The summed E-state index contributed by atoms with van der Waals surface area (Å²) in [6.07, 6.45) is 2.66. The SMILES string of the molecule is CCOc1c(Cl)cc(C(=O)N2CC=C(c3c(OC)cc(OC)cc3OC)CC2)cc1OC. The molecule has 0 atom stereocenters. The van der Waals surface area contributed by atoms with Gasteiger partial charge in [-0.15, -0.1) is 0 Å². The van der Waals surface area contributed by atoms with Crippen molar-refractivity contribution in [3.8, 4) is 28.7 Å². The molecular weight excluding hydrogens is 434 g/mol. The number of carbonyl (C=O) groups is 1. The van der Waals surface area contributed by atoms with Gasteiger partial charge >= 0.3 is 0 Å². The first-order valence-electron chi connectivity index (χ1n) is 10.3. The number of amides is 1. The van der Waals surface area contributed by atoms with Gasteiger partial charge in [-0.3, -0.25) is 4.79 Å². The number of hydrogen-bond acceptors (Lipinski definition) is 6. The minimum Gasteiger partial charge on any atom is -0.496 e. The molecule has 3 rings (SSSR count). The van der Waals surface area contributed by atoms with Gasteiger partial charge in [-0.1, -0.05) is 17.7 Å². The largest absolute Gasteiger partial charge is 0.496 e. The Bertz CT molecular complexity index is 995. The molecule has 1 amide bonds. The van der Waals surface area contributed by atoms with Gasteiger partial charge in [0.15, 0.2) is 11.5 Å². The van der Waals surface area contributed by atoms with Crippen LogP contribution < -0.4 is 23.7 Å². The van der Waals surface area contributed by atoms with Crippen molar-refractivity contribution in [2.45, 2.75) is 13.3 Å². The summed E-state index contributed by atoms with van der Waals surface area (Å²) in [6.45, 7) is 3.29. The van der Waals surface area contributed by atoms with Crippen molar-refractivity contribution in [3.05, 3.63) is 46.5 Å². The third-order valence-electron chi connectivity index (χ3n) is 5.30. The maximum Gasteiger partial charge on any atom is 0.254 e. The molecule has 0 spiro atoms. The van der Waals surface area contributed by atoms with Crippen molar-refractivity contribution in [3.63, 3.8) is 0 Å². The molecule has 0 radical (unpaired) electrons. The Hall–Kier alpha value is -3.06. The molecule has 8 heteroatoms. The van der Waals surface area contributed by atoms with E-state index >= 15 is 0 Å². The van der Waals surface area contributed by atoms with Gasteiger partial charge in [-0.25, -0.2) is 0 Å².